The lowest BCUT2D eigenvalue weighted by Crippen LogP contribution is -2.25. The van der Waals surface area contributed by atoms with Gasteiger partial charge in [0.05, 0.1) is 5.66 Å². The minimum Gasteiger partial charge on any atom is -0.394 e. The molecule has 0 unspecified atom stereocenters. The minimum absolute atomic E-state index is 0.220. The van der Waals surface area contributed by atoms with Crippen LogP contribution in [-0.4, -0.2) is 12.4 Å². The van der Waals surface area contributed by atoms with E-state index in [-0.39, 0.29) is 5.56 Å². The summed E-state index contributed by atoms with van der Waals surface area (Å²) in [6, 6.07) is 11.1. The van der Waals surface area contributed by atoms with Crippen LogP contribution in [0.1, 0.15) is 0 Å². The quantitative estimate of drug-likeness (QED) is 0.627. The Kier molecular flexibility index (Phi) is 2.04. The first-order valence-electron chi connectivity index (χ1n) is 3.93. The van der Waals surface area contributed by atoms with Crippen LogP contribution < -0.4 is 16.7 Å². The van der Waals surface area contributed by atoms with Crippen LogP contribution in [0, 0.1) is 0 Å². The van der Waals surface area contributed by atoms with E-state index >= 15 is 0 Å². The van der Waals surface area contributed by atoms with E-state index in [4.69, 9.17) is 4.52 Å². The summed E-state index contributed by atoms with van der Waals surface area (Å²) in [4.78, 5) is 10.7. The smallest absolute Gasteiger partial charge is 0.279 e. The van der Waals surface area contributed by atoms with Gasteiger partial charge in [-0.25, -0.2) is 0 Å². The Morgan fingerprint density at radius 2 is 2.00 bits per heavy atom. The van der Waals surface area contributed by atoms with Gasteiger partial charge in [-0.05, 0) is 0 Å². The SMILES string of the molecule is O=c1cc([B]c2ccccc2)o[nH]1. The Morgan fingerprint density at radius 1 is 1.23 bits per heavy atom. The molecule has 4 heteroatoms. The maximum Gasteiger partial charge on any atom is 0.279 e. The molecule has 1 aromatic carbocycles. The first-order chi connectivity index (χ1) is 6.34. The summed E-state index contributed by atoms with van der Waals surface area (Å²) in [5.41, 5.74) is 1.32. The van der Waals surface area contributed by atoms with Gasteiger partial charge < -0.3 is 4.52 Å². The normalized spacial score (nSPS) is 9.85. The number of aromatic amines is 1. The highest BCUT2D eigenvalue weighted by Gasteiger charge is 2.02. The number of hydrogen-bond donors (Lipinski definition) is 1. The fourth-order valence-electron chi connectivity index (χ4n) is 1.08. The molecule has 1 N–H and O–H groups in total. The number of H-pyrrole nitrogens is 1. The zero-order valence-corrected chi connectivity index (χ0v) is 6.86. The van der Waals surface area contributed by atoms with E-state index < -0.39 is 0 Å². The van der Waals surface area contributed by atoms with Gasteiger partial charge >= 0.3 is 0 Å². The van der Waals surface area contributed by atoms with E-state index in [2.05, 4.69) is 5.16 Å². The molecule has 0 saturated carbocycles. The van der Waals surface area contributed by atoms with E-state index in [1.54, 1.807) is 7.28 Å². The Hall–Kier alpha value is -1.71. The summed E-state index contributed by atoms with van der Waals surface area (Å²) in [7, 11) is 1.79. The summed E-state index contributed by atoms with van der Waals surface area (Å²) < 4.78 is 4.88. The molecule has 63 valence electrons. The van der Waals surface area contributed by atoms with E-state index in [0.29, 0.717) is 5.66 Å². The molecule has 2 aromatic rings. The fourth-order valence-corrected chi connectivity index (χ4v) is 1.08. The van der Waals surface area contributed by atoms with Gasteiger partial charge in [0.2, 0.25) is 7.28 Å². The van der Waals surface area contributed by atoms with Crippen LogP contribution in [0.4, 0.5) is 0 Å². The molecule has 0 aliphatic rings. The predicted octanol–water partition coefficient (Wildman–Crippen LogP) is -0.377. The van der Waals surface area contributed by atoms with Crippen LogP contribution in [0.3, 0.4) is 0 Å². The van der Waals surface area contributed by atoms with Gasteiger partial charge in [-0.3, -0.25) is 4.79 Å². The highest BCUT2D eigenvalue weighted by Crippen LogP contribution is 1.81. The maximum absolute atomic E-state index is 10.7. The molecule has 3 nitrogen and oxygen atoms in total. The van der Waals surface area contributed by atoms with Crippen LogP contribution in [0.15, 0.2) is 45.7 Å². The third-order valence-corrected chi connectivity index (χ3v) is 1.65. The van der Waals surface area contributed by atoms with Crippen molar-refractivity contribution in [3.63, 3.8) is 0 Å². The lowest BCUT2D eigenvalue weighted by molar-refractivity contribution is 0.438. The van der Waals surface area contributed by atoms with Crippen molar-refractivity contribution in [2.45, 2.75) is 0 Å². The van der Waals surface area contributed by atoms with Gasteiger partial charge in [-0.1, -0.05) is 35.8 Å². The Bertz CT molecular complexity index is 432. The van der Waals surface area contributed by atoms with Crippen molar-refractivity contribution in [2.24, 2.45) is 0 Å². The molecule has 1 heterocycles. The second-order valence-corrected chi connectivity index (χ2v) is 2.67. The maximum atomic E-state index is 10.7. The largest absolute Gasteiger partial charge is 0.394 e. The molecule has 0 spiro atoms. The summed E-state index contributed by atoms with van der Waals surface area (Å²) in [6.07, 6.45) is 0. The Balaban J connectivity index is 2.20. The average molecular weight is 172 g/mol. The molecule has 1 aromatic heterocycles. The van der Waals surface area contributed by atoms with Crippen molar-refractivity contribution < 1.29 is 4.52 Å². The summed E-state index contributed by atoms with van der Waals surface area (Å²) in [5, 5.41) is 2.23. The van der Waals surface area contributed by atoms with Crippen molar-refractivity contribution in [2.75, 3.05) is 0 Å². The van der Waals surface area contributed by atoms with Crippen LogP contribution in [0.5, 0.6) is 0 Å². The summed E-state index contributed by atoms with van der Waals surface area (Å²) in [5.74, 6) is 0. The van der Waals surface area contributed by atoms with Gasteiger partial charge in [0, 0.05) is 6.07 Å². The van der Waals surface area contributed by atoms with Crippen LogP contribution >= 0.6 is 0 Å². The number of aromatic nitrogens is 1. The third-order valence-electron chi connectivity index (χ3n) is 1.65. The molecule has 0 fully saturated rings. The second kappa shape index (κ2) is 3.35. The second-order valence-electron chi connectivity index (χ2n) is 2.67. The van der Waals surface area contributed by atoms with Gasteiger partial charge in [-0.15, -0.1) is 0 Å². The molecule has 13 heavy (non-hydrogen) atoms. The molecular weight excluding hydrogens is 165 g/mol. The van der Waals surface area contributed by atoms with Crippen molar-refractivity contribution in [1.82, 2.24) is 5.16 Å². The number of benzene rings is 1. The van der Waals surface area contributed by atoms with E-state index in [9.17, 15) is 4.79 Å². The molecule has 0 amide bonds. The molecule has 0 saturated heterocycles. The van der Waals surface area contributed by atoms with E-state index in [1.165, 1.54) is 6.07 Å². The molecule has 0 aliphatic carbocycles. The number of nitrogens with one attached hydrogen (secondary N) is 1. The first-order valence-corrected chi connectivity index (χ1v) is 3.93. The predicted molar refractivity (Wildman–Crippen MR) is 50.8 cm³/mol. The molecule has 1 radical (unpaired) electrons. The summed E-state index contributed by atoms with van der Waals surface area (Å²) in [6.45, 7) is 0. The van der Waals surface area contributed by atoms with Crippen molar-refractivity contribution in [3.8, 4) is 0 Å². The molecular formula is C9H7BNO2. The fraction of sp³-hybridized carbons (Fsp3) is 0. The van der Waals surface area contributed by atoms with Crippen LogP contribution in [-0.2, 0) is 0 Å². The minimum atomic E-state index is -0.220. The Labute approximate surface area is 75.6 Å². The molecule has 0 aliphatic heterocycles. The topological polar surface area (TPSA) is 46.0 Å². The van der Waals surface area contributed by atoms with Gasteiger partial charge in [0.1, 0.15) is 0 Å². The van der Waals surface area contributed by atoms with Gasteiger partial charge in [0.15, 0.2) is 0 Å². The van der Waals surface area contributed by atoms with E-state index in [1.807, 2.05) is 30.3 Å². The molecule has 0 atom stereocenters. The third kappa shape index (κ3) is 1.90. The average Bonchev–Trinajstić information content (AvgIpc) is 2.53. The standard InChI is InChI=1S/C9H7BNO2/c12-9-6-8(13-11-9)10-7-4-2-1-3-5-7/h1-6H,(H,11,12). The molecule has 0 bridgehead atoms. The van der Waals surface area contributed by atoms with E-state index in [0.717, 1.165) is 5.46 Å². The molecule has 2 rings (SSSR count). The Morgan fingerprint density at radius 3 is 2.62 bits per heavy atom. The summed E-state index contributed by atoms with van der Waals surface area (Å²) >= 11 is 0. The van der Waals surface area contributed by atoms with Crippen molar-refractivity contribution >= 4 is 18.4 Å². The highest BCUT2D eigenvalue weighted by molar-refractivity contribution is 6.66. The number of rotatable bonds is 2. The lowest BCUT2D eigenvalue weighted by Gasteiger charge is -1.92. The van der Waals surface area contributed by atoms with Gasteiger partial charge in [0.25, 0.3) is 5.56 Å². The lowest BCUT2D eigenvalue weighted by atomic mass is 9.68. The van der Waals surface area contributed by atoms with Gasteiger partial charge in [-0.2, -0.15) is 5.16 Å². The zero-order valence-electron chi connectivity index (χ0n) is 6.86. The van der Waals surface area contributed by atoms with Crippen molar-refractivity contribution in [3.05, 3.63) is 46.8 Å². The van der Waals surface area contributed by atoms with Crippen LogP contribution in [0.2, 0.25) is 0 Å². The zero-order chi connectivity index (χ0) is 9.10. The highest BCUT2D eigenvalue weighted by atomic mass is 16.5. The monoisotopic (exact) mass is 172 g/mol. The van der Waals surface area contributed by atoms with Crippen molar-refractivity contribution in [1.29, 1.82) is 0 Å². The first kappa shape index (κ1) is 7.92. The number of hydrogen-bond acceptors (Lipinski definition) is 2. The van der Waals surface area contributed by atoms with Crippen LogP contribution in [0.25, 0.3) is 0 Å².